The maximum absolute atomic E-state index is 11.9. The second-order valence-electron chi connectivity index (χ2n) is 5.51. The number of fused-ring (bicyclic) bond motifs is 1. The molecule has 2 atom stereocenters. The molecule has 0 radical (unpaired) electrons. The number of carboxylic acids is 1. The van der Waals surface area contributed by atoms with Crippen LogP contribution in [0.2, 0.25) is 0 Å². The highest BCUT2D eigenvalue weighted by atomic mass is 16.4. The Morgan fingerprint density at radius 2 is 2.09 bits per heavy atom. The fraction of sp³-hybridized carbons (Fsp3) is 0.375. The molecule has 118 valence electrons. The smallest absolute Gasteiger partial charge is 0.303 e. The highest BCUT2D eigenvalue weighted by molar-refractivity contribution is 5.84. The summed E-state index contributed by atoms with van der Waals surface area (Å²) in [4.78, 5) is 25.6. The molecule has 6 heteroatoms. The van der Waals surface area contributed by atoms with E-state index in [4.69, 9.17) is 10.8 Å². The van der Waals surface area contributed by atoms with Gasteiger partial charge < -0.3 is 21.1 Å². The van der Waals surface area contributed by atoms with Crippen LogP contribution in [0.4, 0.5) is 0 Å². The van der Waals surface area contributed by atoms with Gasteiger partial charge in [0.1, 0.15) is 0 Å². The number of aliphatic carboxylic acids is 1. The quantitative estimate of drug-likeness (QED) is 0.620. The summed E-state index contributed by atoms with van der Waals surface area (Å²) < 4.78 is 0. The van der Waals surface area contributed by atoms with Crippen LogP contribution in [0.3, 0.4) is 0 Å². The van der Waals surface area contributed by atoms with Crippen molar-refractivity contribution in [2.45, 2.75) is 38.3 Å². The lowest BCUT2D eigenvalue weighted by molar-refractivity contribution is -0.137. The number of amides is 1. The molecule has 5 N–H and O–H groups in total. The number of rotatable bonds is 7. The summed E-state index contributed by atoms with van der Waals surface area (Å²) in [7, 11) is 0. The first-order valence-electron chi connectivity index (χ1n) is 7.30. The van der Waals surface area contributed by atoms with Crippen LogP contribution in [-0.2, 0) is 16.0 Å². The Morgan fingerprint density at radius 1 is 1.36 bits per heavy atom. The topological polar surface area (TPSA) is 108 Å². The lowest BCUT2D eigenvalue weighted by Crippen LogP contribution is -2.45. The Bertz CT molecular complexity index is 665. The highest BCUT2D eigenvalue weighted by Gasteiger charge is 2.17. The van der Waals surface area contributed by atoms with Crippen molar-refractivity contribution in [1.29, 1.82) is 0 Å². The molecule has 6 nitrogen and oxygen atoms in total. The van der Waals surface area contributed by atoms with Crippen molar-refractivity contribution in [3.05, 3.63) is 36.0 Å². The van der Waals surface area contributed by atoms with Crippen molar-refractivity contribution in [1.82, 2.24) is 10.3 Å². The summed E-state index contributed by atoms with van der Waals surface area (Å²) in [5, 5.41) is 12.6. The van der Waals surface area contributed by atoms with Gasteiger partial charge in [0.2, 0.25) is 5.91 Å². The van der Waals surface area contributed by atoms with Gasteiger partial charge in [-0.3, -0.25) is 9.59 Å². The minimum Gasteiger partial charge on any atom is -0.481 e. The van der Waals surface area contributed by atoms with Gasteiger partial charge in [-0.15, -0.1) is 0 Å². The number of carboxylic acid groups (broad SMARTS) is 1. The Labute approximate surface area is 128 Å². The molecule has 0 aliphatic rings. The Morgan fingerprint density at radius 3 is 2.82 bits per heavy atom. The third-order valence-electron chi connectivity index (χ3n) is 3.60. The van der Waals surface area contributed by atoms with Gasteiger partial charge >= 0.3 is 5.97 Å². The zero-order valence-corrected chi connectivity index (χ0v) is 12.5. The van der Waals surface area contributed by atoms with Gasteiger partial charge in [-0.1, -0.05) is 18.2 Å². The van der Waals surface area contributed by atoms with Gasteiger partial charge in [-0.25, -0.2) is 0 Å². The van der Waals surface area contributed by atoms with E-state index in [1.807, 2.05) is 37.4 Å². The van der Waals surface area contributed by atoms with Gasteiger partial charge in [0.05, 0.1) is 6.04 Å². The lowest BCUT2D eigenvalue weighted by Gasteiger charge is -2.17. The van der Waals surface area contributed by atoms with Gasteiger partial charge in [-0.05, 0) is 31.4 Å². The molecule has 22 heavy (non-hydrogen) atoms. The average Bonchev–Trinajstić information content (AvgIpc) is 2.87. The van der Waals surface area contributed by atoms with E-state index in [-0.39, 0.29) is 24.8 Å². The summed E-state index contributed by atoms with van der Waals surface area (Å²) in [5.74, 6) is -1.26. The minimum absolute atomic E-state index is 0.0809. The number of para-hydroxylation sites is 1. The number of hydrogen-bond acceptors (Lipinski definition) is 3. The first-order chi connectivity index (χ1) is 10.5. The van der Waals surface area contributed by atoms with Crippen molar-refractivity contribution in [3.8, 4) is 0 Å². The summed E-state index contributed by atoms with van der Waals surface area (Å²) in [5.41, 5.74) is 7.89. The SMILES string of the molecule is CC(Cc1c[nH]c2ccccc12)NC(=O)[C@@H](N)CCC(=O)O. The normalized spacial score (nSPS) is 13.7. The van der Waals surface area contributed by atoms with Gasteiger partial charge in [0.15, 0.2) is 0 Å². The van der Waals surface area contributed by atoms with Crippen LogP contribution >= 0.6 is 0 Å². The van der Waals surface area contributed by atoms with Crippen molar-refractivity contribution >= 4 is 22.8 Å². The fourth-order valence-electron chi connectivity index (χ4n) is 2.44. The third-order valence-corrected chi connectivity index (χ3v) is 3.60. The molecular formula is C16H21N3O3. The monoisotopic (exact) mass is 303 g/mol. The van der Waals surface area contributed by atoms with Crippen LogP contribution in [0.25, 0.3) is 10.9 Å². The van der Waals surface area contributed by atoms with Gasteiger partial charge in [-0.2, -0.15) is 0 Å². The summed E-state index contributed by atoms with van der Waals surface area (Å²) in [6.07, 6.45) is 2.66. The molecule has 1 aromatic carbocycles. The van der Waals surface area contributed by atoms with Crippen molar-refractivity contribution in [3.63, 3.8) is 0 Å². The minimum atomic E-state index is -0.949. The number of aromatic nitrogens is 1. The average molecular weight is 303 g/mol. The molecular weight excluding hydrogens is 282 g/mol. The maximum Gasteiger partial charge on any atom is 0.303 e. The number of hydrogen-bond donors (Lipinski definition) is 4. The molecule has 0 spiro atoms. The van der Waals surface area contributed by atoms with E-state index in [9.17, 15) is 9.59 Å². The molecule has 0 saturated heterocycles. The number of nitrogens with one attached hydrogen (secondary N) is 2. The lowest BCUT2D eigenvalue weighted by atomic mass is 10.1. The molecule has 1 amide bonds. The van der Waals surface area contributed by atoms with Crippen molar-refractivity contribution in [2.75, 3.05) is 0 Å². The van der Waals surface area contributed by atoms with Gasteiger partial charge in [0, 0.05) is 29.6 Å². The molecule has 1 heterocycles. The van der Waals surface area contributed by atoms with Crippen molar-refractivity contribution < 1.29 is 14.7 Å². The Balaban J connectivity index is 1.91. The zero-order valence-electron chi connectivity index (χ0n) is 12.5. The molecule has 0 aliphatic carbocycles. The van der Waals surface area contributed by atoms with Gasteiger partial charge in [0.25, 0.3) is 0 Å². The summed E-state index contributed by atoms with van der Waals surface area (Å²) >= 11 is 0. The van der Waals surface area contributed by atoms with E-state index >= 15 is 0 Å². The molecule has 1 unspecified atom stereocenters. The van der Waals surface area contributed by atoms with Crippen LogP contribution in [0.15, 0.2) is 30.5 Å². The molecule has 0 saturated carbocycles. The first-order valence-corrected chi connectivity index (χ1v) is 7.30. The number of nitrogens with two attached hydrogens (primary N) is 1. The van der Waals surface area contributed by atoms with E-state index in [1.165, 1.54) is 0 Å². The molecule has 2 aromatic rings. The number of aromatic amines is 1. The maximum atomic E-state index is 11.9. The molecule has 0 fully saturated rings. The molecule has 2 rings (SSSR count). The van der Waals surface area contributed by atoms with Crippen LogP contribution in [0.5, 0.6) is 0 Å². The van der Waals surface area contributed by atoms with Crippen LogP contribution < -0.4 is 11.1 Å². The second kappa shape index (κ2) is 7.09. The second-order valence-corrected chi connectivity index (χ2v) is 5.51. The van der Waals surface area contributed by atoms with Crippen LogP contribution in [0.1, 0.15) is 25.3 Å². The fourth-order valence-corrected chi connectivity index (χ4v) is 2.44. The van der Waals surface area contributed by atoms with Crippen molar-refractivity contribution in [2.24, 2.45) is 5.73 Å². The summed E-state index contributed by atoms with van der Waals surface area (Å²) in [6.45, 7) is 1.91. The Hall–Kier alpha value is -2.34. The van der Waals surface area contributed by atoms with E-state index in [0.29, 0.717) is 6.42 Å². The van der Waals surface area contributed by atoms with Crippen LogP contribution in [-0.4, -0.2) is 34.1 Å². The van der Waals surface area contributed by atoms with E-state index in [0.717, 1.165) is 16.5 Å². The number of carbonyl (C=O) groups excluding carboxylic acids is 1. The standard InChI is InChI=1S/C16H21N3O3/c1-10(19-16(22)13(17)6-7-15(20)21)8-11-9-18-14-5-3-2-4-12(11)14/h2-5,9-10,13,18H,6-8,17H2,1H3,(H,19,22)(H,20,21)/t10?,13-/m0/s1. The predicted octanol–water partition coefficient (Wildman–Crippen LogP) is 1.41. The zero-order chi connectivity index (χ0) is 16.1. The molecule has 0 bridgehead atoms. The predicted molar refractivity (Wildman–Crippen MR) is 84.5 cm³/mol. The third kappa shape index (κ3) is 4.08. The molecule has 0 aliphatic heterocycles. The number of benzene rings is 1. The molecule has 1 aromatic heterocycles. The summed E-state index contributed by atoms with van der Waals surface area (Å²) in [6, 6.07) is 7.11. The van der Waals surface area contributed by atoms with E-state index in [2.05, 4.69) is 10.3 Å². The van der Waals surface area contributed by atoms with E-state index < -0.39 is 12.0 Å². The van der Waals surface area contributed by atoms with E-state index in [1.54, 1.807) is 0 Å². The Kier molecular flexibility index (Phi) is 5.16. The number of H-pyrrole nitrogens is 1. The first kappa shape index (κ1) is 16.0. The van der Waals surface area contributed by atoms with Crippen LogP contribution in [0, 0.1) is 0 Å². The highest BCUT2D eigenvalue weighted by Crippen LogP contribution is 2.19. The largest absolute Gasteiger partial charge is 0.481 e. The number of carbonyl (C=O) groups is 2.